The summed E-state index contributed by atoms with van der Waals surface area (Å²) in [5.74, 6) is -0.387. The molecule has 0 radical (unpaired) electrons. The molecular formula is C11H12O2S. The second-order valence-corrected chi connectivity index (χ2v) is 3.58. The second-order valence-electron chi connectivity index (χ2n) is 2.70. The molecule has 0 unspecified atom stereocenters. The zero-order valence-electron chi connectivity index (χ0n) is 8.24. The van der Waals surface area contributed by atoms with E-state index >= 15 is 0 Å². The summed E-state index contributed by atoms with van der Waals surface area (Å²) in [7, 11) is 1.35. The smallest absolute Gasteiger partial charge is 0.337 e. The van der Waals surface area contributed by atoms with Gasteiger partial charge in [0.25, 0.3) is 0 Å². The highest BCUT2D eigenvalue weighted by molar-refractivity contribution is 7.98. The molecule has 0 fully saturated rings. The van der Waals surface area contributed by atoms with Gasteiger partial charge in [0.05, 0.1) is 12.7 Å². The minimum atomic E-state index is -0.387. The summed E-state index contributed by atoms with van der Waals surface area (Å²) in [5, 5.41) is 0. The Morgan fingerprint density at radius 3 is 2.36 bits per heavy atom. The predicted molar refractivity (Wildman–Crippen MR) is 59.3 cm³/mol. The fourth-order valence-electron chi connectivity index (χ4n) is 1.03. The molecule has 14 heavy (non-hydrogen) atoms. The van der Waals surface area contributed by atoms with Crippen molar-refractivity contribution in [2.75, 3.05) is 13.4 Å². The lowest BCUT2D eigenvalue weighted by Gasteiger charge is -2.03. The van der Waals surface area contributed by atoms with E-state index < -0.39 is 0 Å². The molecule has 1 aromatic rings. The fraction of sp³-hybridized carbons (Fsp3) is 0.182. The van der Waals surface area contributed by atoms with Crippen LogP contribution in [-0.2, 0) is 9.53 Å². The van der Waals surface area contributed by atoms with Gasteiger partial charge in [-0.15, -0.1) is 11.8 Å². The van der Waals surface area contributed by atoms with Crippen molar-refractivity contribution in [1.29, 1.82) is 0 Å². The maximum Gasteiger partial charge on any atom is 0.337 e. The van der Waals surface area contributed by atoms with E-state index in [0.717, 1.165) is 10.5 Å². The number of hydrogen-bond acceptors (Lipinski definition) is 3. The number of esters is 1. The van der Waals surface area contributed by atoms with Gasteiger partial charge in [0, 0.05) is 4.90 Å². The quantitative estimate of drug-likeness (QED) is 0.434. The number of methoxy groups -OCH3 is 1. The molecule has 1 rings (SSSR count). The molecule has 3 heteroatoms. The molecule has 74 valence electrons. The highest BCUT2D eigenvalue weighted by Crippen LogP contribution is 2.19. The van der Waals surface area contributed by atoms with Gasteiger partial charge < -0.3 is 4.74 Å². The lowest BCUT2D eigenvalue weighted by Crippen LogP contribution is -2.02. The Bertz CT molecular complexity index is 341. The van der Waals surface area contributed by atoms with Crippen molar-refractivity contribution in [2.45, 2.75) is 4.90 Å². The van der Waals surface area contributed by atoms with E-state index in [2.05, 4.69) is 11.3 Å². The van der Waals surface area contributed by atoms with Gasteiger partial charge in [-0.2, -0.15) is 0 Å². The van der Waals surface area contributed by atoms with Crippen molar-refractivity contribution in [3.05, 3.63) is 36.4 Å². The van der Waals surface area contributed by atoms with E-state index in [0.29, 0.717) is 5.57 Å². The standard InChI is InChI=1S/C11H12O2S/c1-8(11(12)13-2)9-4-6-10(14-3)7-5-9/h4-7H,1H2,2-3H3. The third-order valence-electron chi connectivity index (χ3n) is 1.87. The minimum Gasteiger partial charge on any atom is -0.465 e. The summed E-state index contributed by atoms with van der Waals surface area (Å²) in [6.45, 7) is 3.67. The van der Waals surface area contributed by atoms with Crippen LogP contribution in [0.1, 0.15) is 5.56 Å². The van der Waals surface area contributed by atoms with Crippen molar-refractivity contribution in [1.82, 2.24) is 0 Å². The number of ether oxygens (including phenoxy) is 1. The molecule has 0 spiro atoms. The molecule has 0 aromatic heterocycles. The molecule has 0 heterocycles. The Balaban J connectivity index is 2.87. The normalized spacial score (nSPS) is 9.57. The molecule has 0 atom stereocenters. The Labute approximate surface area is 88.0 Å². The Hall–Kier alpha value is -1.22. The average molecular weight is 208 g/mol. The highest BCUT2D eigenvalue weighted by Gasteiger charge is 2.08. The van der Waals surface area contributed by atoms with Crippen molar-refractivity contribution < 1.29 is 9.53 Å². The summed E-state index contributed by atoms with van der Waals surface area (Å²) >= 11 is 1.66. The maximum absolute atomic E-state index is 11.1. The molecule has 0 bridgehead atoms. The van der Waals surface area contributed by atoms with Crippen molar-refractivity contribution >= 4 is 23.3 Å². The first-order valence-corrected chi connectivity index (χ1v) is 5.33. The van der Waals surface area contributed by atoms with Crippen LogP contribution in [0.3, 0.4) is 0 Å². The van der Waals surface area contributed by atoms with Crippen LogP contribution in [0.5, 0.6) is 0 Å². The summed E-state index contributed by atoms with van der Waals surface area (Å²) in [4.78, 5) is 12.3. The van der Waals surface area contributed by atoms with E-state index in [-0.39, 0.29) is 5.97 Å². The van der Waals surface area contributed by atoms with E-state index in [9.17, 15) is 4.79 Å². The summed E-state index contributed by atoms with van der Waals surface area (Å²) in [6, 6.07) is 7.64. The van der Waals surface area contributed by atoms with E-state index in [1.54, 1.807) is 11.8 Å². The first kappa shape index (κ1) is 10.9. The minimum absolute atomic E-state index is 0.387. The van der Waals surface area contributed by atoms with E-state index in [4.69, 9.17) is 0 Å². The van der Waals surface area contributed by atoms with Gasteiger partial charge in [0.1, 0.15) is 0 Å². The number of carbonyl (C=O) groups is 1. The average Bonchev–Trinajstić information content (AvgIpc) is 2.27. The van der Waals surface area contributed by atoms with E-state index in [1.165, 1.54) is 7.11 Å². The van der Waals surface area contributed by atoms with Crippen molar-refractivity contribution in [3.8, 4) is 0 Å². The molecule has 0 aliphatic rings. The monoisotopic (exact) mass is 208 g/mol. The maximum atomic E-state index is 11.1. The Kier molecular flexibility index (Phi) is 3.77. The highest BCUT2D eigenvalue weighted by atomic mass is 32.2. The molecule has 0 aliphatic heterocycles. The van der Waals surface area contributed by atoms with Crippen LogP contribution in [0.15, 0.2) is 35.7 Å². The number of rotatable bonds is 3. The van der Waals surface area contributed by atoms with Crippen LogP contribution >= 0.6 is 11.8 Å². The molecule has 0 N–H and O–H groups in total. The first-order chi connectivity index (χ1) is 6.69. The fourth-order valence-corrected chi connectivity index (χ4v) is 1.44. The molecule has 0 aliphatic carbocycles. The largest absolute Gasteiger partial charge is 0.465 e. The number of benzene rings is 1. The van der Waals surface area contributed by atoms with Crippen LogP contribution in [0, 0.1) is 0 Å². The van der Waals surface area contributed by atoms with Gasteiger partial charge in [-0.25, -0.2) is 4.79 Å². The lowest BCUT2D eigenvalue weighted by molar-refractivity contribution is -0.133. The molecular weight excluding hydrogens is 196 g/mol. The van der Waals surface area contributed by atoms with Gasteiger partial charge in [-0.3, -0.25) is 0 Å². The SMILES string of the molecule is C=C(C(=O)OC)c1ccc(SC)cc1. The molecule has 0 amide bonds. The third kappa shape index (κ3) is 2.39. The predicted octanol–water partition coefficient (Wildman–Crippen LogP) is 2.59. The molecule has 1 aromatic carbocycles. The van der Waals surface area contributed by atoms with Gasteiger partial charge in [0.15, 0.2) is 0 Å². The zero-order chi connectivity index (χ0) is 10.6. The van der Waals surface area contributed by atoms with Crippen LogP contribution in [0.2, 0.25) is 0 Å². The topological polar surface area (TPSA) is 26.3 Å². The summed E-state index contributed by atoms with van der Waals surface area (Å²) in [6.07, 6.45) is 2.00. The third-order valence-corrected chi connectivity index (χ3v) is 2.61. The first-order valence-electron chi connectivity index (χ1n) is 4.10. The van der Waals surface area contributed by atoms with Gasteiger partial charge in [-0.05, 0) is 24.0 Å². The Morgan fingerprint density at radius 2 is 1.93 bits per heavy atom. The van der Waals surface area contributed by atoms with Crippen molar-refractivity contribution in [2.24, 2.45) is 0 Å². The molecule has 0 saturated carbocycles. The van der Waals surface area contributed by atoms with Gasteiger partial charge >= 0.3 is 5.97 Å². The number of hydrogen-bond donors (Lipinski definition) is 0. The summed E-state index contributed by atoms with van der Waals surface area (Å²) < 4.78 is 4.58. The Morgan fingerprint density at radius 1 is 1.36 bits per heavy atom. The van der Waals surface area contributed by atoms with Crippen LogP contribution < -0.4 is 0 Å². The second kappa shape index (κ2) is 4.86. The molecule has 2 nitrogen and oxygen atoms in total. The van der Waals surface area contributed by atoms with Crippen LogP contribution in [-0.4, -0.2) is 19.3 Å². The van der Waals surface area contributed by atoms with Crippen molar-refractivity contribution in [3.63, 3.8) is 0 Å². The van der Waals surface area contributed by atoms with Crippen LogP contribution in [0.4, 0.5) is 0 Å². The summed E-state index contributed by atoms with van der Waals surface area (Å²) in [5.41, 5.74) is 1.19. The number of carbonyl (C=O) groups excluding carboxylic acids is 1. The molecule has 0 saturated heterocycles. The van der Waals surface area contributed by atoms with Crippen LogP contribution in [0.25, 0.3) is 5.57 Å². The van der Waals surface area contributed by atoms with Gasteiger partial charge in [-0.1, -0.05) is 18.7 Å². The van der Waals surface area contributed by atoms with Gasteiger partial charge in [0.2, 0.25) is 0 Å². The lowest BCUT2D eigenvalue weighted by atomic mass is 10.1. The van der Waals surface area contributed by atoms with E-state index in [1.807, 2.05) is 30.5 Å². The zero-order valence-corrected chi connectivity index (χ0v) is 9.06. The number of thioether (sulfide) groups is 1.